The van der Waals surface area contributed by atoms with Gasteiger partial charge in [-0.2, -0.15) is 0 Å². The van der Waals surface area contributed by atoms with Gasteiger partial charge in [-0.15, -0.1) is 6.58 Å². The Bertz CT molecular complexity index is 792. The van der Waals surface area contributed by atoms with Gasteiger partial charge in [0.25, 0.3) is 0 Å². The lowest BCUT2D eigenvalue weighted by Gasteiger charge is -2.18. The van der Waals surface area contributed by atoms with Crippen LogP contribution in [0.15, 0.2) is 91.5 Å². The number of methoxy groups -OCH3 is 1. The molecule has 0 fully saturated rings. The Hall–Kier alpha value is -2.78. The van der Waals surface area contributed by atoms with Crippen LogP contribution in [0.3, 0.4) is 0 Å². The average molecular weight is 360 g/mol. The Morgan fingerprint density at radius 3 is 2.00 bits per heavy atom. The second-order valence-electron chi connectivity index (χ2n) is 5.98. The molecule has 0 aliphatic rings. The third-order valence-corrected chi connectivity index (χ3v) is 6.72. The highest BCUT2D eigenvalue weighted by Gasteiger charge is 2.19. The molecule has 0 unspecified atom stereocenters. The summed E-state index contributed by atoms with van der Waals surface area (Å²) in [6, 6.07) is 27.3. The van der Waals surface area contributed by atoms with Crippen LogP contribution in [0, 0.1) is 0 Å². The maximum Gasteiger partial charge on any atom is 0.166 e. The van der Waals surface area contributed by atoms with E-state index in [-0.39, 0.29) is 0 Å². The van der Waals surface area contributed by atoms with Crippen molar-refractivity contribution in [1.82, 2.24) is 0 Å². The molecule has 0 aromatic heterocycles. The van der Waals surface area contributed by atoms with Crippen LogP contribution in [0.25, 0.3) is 0 Å². The van der Waals surface area contributed by atoms with E-state index in [1.807, 2.05) is 18.2 Å². The molecule has 3 aromatic carbocycles. The largest absolute Gasteiger partial charge is 0.493 e. The summed E-state index contributed by atoms with van der Waals surface area (Å²) in [7, 11) is 0.645. The topological polar surface area (TPSA) is 18.5 Å². The summed E-state index contributed by atoms with van der Waals surface area (Å²) in [5.41, 5.74) is 1.17. The van der Waals surface area contributed by atoms with Crippen molar-refractivity contribution in [3.8, 4) is 11.5 Å². The van der Waals surface area contributed by atoms with Crippen molar-refractivity contribution in [3.63, 3.8) is 0 Å². The number of hydrogen-bond acceptors (Lipinski definition) is 2. The first-order valence-electron chi connectivity index (χ1n) is 8.69. The maximum atomic E-state index is 6.23. The molecular formula is C23H23O2Si. The van der Waals surface area contributed by atoms with Crippen molar-refractivity contribution >= 4 is 19.2 Å². The molecule has 3 heteroatoms. The second kappa shape index (κ2) is 9.06. The molecule has 131 valence electrons. The van der Waals surface area contributed by atoms with Crippen molar-refractivity contribution in [2.45, 2.75) is 6.42 Å². The normalized spacial score (nSPS) is 10.5. The Labute approximate surface area is 157 Å². The van der Waals surface area contributed by atoms with Gasteiger partial charge in [-0.25, -0.2) is 0 Å². The number of allylic oxidation sites excluding steroid dienone is 1. The Morgan fingerprint density at radius 2 is 1.46 bits per heavy atom. The van der Waals surface area contributed by atoms with E-state index in [4.69, 9.17) is 9.47 Å². The molecular weight excluding hydrogens is 336 g/mol. The molecule has 0 spiro atoms. The first-order chi connectivity index (χ1) is 12.8. The minimum absolute atomic E-state index is 0.649. The van der Waals surface area contributed by atoms with Crippen LogP contribution in [0.4, 0.5) is 0 Å². The summed E-state index contributed by atoms with van der Waals surface area (Å²) in [6.07, 6.45) is 3.36. The van der Waals surface area contributed by atoms with Gasteiger partial charge in [0, 0.05) is 0 Å². The lowest BCUT2D eigenvalue weighted by atomic mass is 10.1. The highest BCUT2D eigenvalue weighted by molar-refractivity contribution is 6.85. The van der Waals surface area contributed by atoms with E-state index >= 15 is 0 Å². The van der Waals surface area contributed by atoms with Crippen LogP contribution in [0.1, 0.15) is 5.56 Å². The van der Waals surface area contributed by atoms with Crippen LogP contribution >= 0.6 is 0 Å². The average Bonchev–Trinajstić information content (AvgIpc) is 2.71. The van der Waals surface area contributed by atoms with E-state index in [2.05, 4.69) is 73.3 Å². The molecule has 0 N–H and O–H groups in total. The standard InChI is InChI=1S/C23H23O2Si/c1-3-10-19-15-16-22(23(17-19)24-2)25-18-26(20-11-6-4-7-12-20)21-13-8-5-9-14-21/h3-9,11-17H,1,10,18H2,2H3. The van der Waals surface area contributed by atoms with E-state index in [1.165, 1.54) is 15.9 Å². The molecule has 0 bridgehead atoms. The lowest BCUT2D eigenvalue weighted by molar-refractivity contribution is 0.338. The molecule has 3 rings (SSSR count). The molecule has 0 saturated carbocycles. The van der Waals surface area contributed by atoms with Crippen LogP contribution in [0.2, 0.25) is 0 Å². The zero-order valence-corrected chi connectivity index (χ0v) is 16.0. The Morgan fingerprint density at radius 1 is 0.846 bits per heavy atom. The predicted molar refractivity (Wildman–Crippen MR) is 110 cm³/mol. The lowest BCUT2D eigenvalue weighted by Crippen LogP contribution is -2.47. The summed E-state index contributed by atoms with van der Waals surface area (Å²) >= 11 is 0. The number of rotatable bonds is 8. The number of ether oxygens (including phenoxy) is 2. The third-order valence-electron chi connectivity index (χ3n) is 4.22. The summed E-state index contributed by atoms with van der Waals surface area (Å²) in [4.78, 5) is 0. The van der Waals surface area contributed by atoms with Gasteiger partial charge in [-0.3, -0.25) is 0 Å². The second-order valence-corrected chi connectivity index (χ2v) is 8.38. The fourth-order valence-corrected chi connectivity index (χ4v) is 5.04. The van der Waals surface area contributed by atoms with Gasteiger partial charge < -0.3 is 9.47 Å². The monoisotopic (exact) mass is 359 g/mol. The van der Waals surface area contributed by atoms with E-state index in [9.17, 15) is 0 Å². The van der Waals surface area contributed by atoms with Crippen LogP contribution < -0.4 is 19.8 Å². The zero-order valence-electron chi connectivity index (χ0n) is 15.0. The molecule has 3 aromatic rings. The smallest absolute Gasteiger partial charge is 0.166 e. The van der Waals surface area contributed by atoms with Crippen molar-refractivity contribution in [1.29, 1.82) is 0 Å². The summed E-state index contributed by atoms with van der Waals surface area (Å²) in [5.74, 6) is 1.56. The molecule has 0 saturated heterocycles. The van der Waals surface area contributed by atoms with Crippen molar-refractivity contribution in [2.24, 2.45) is 0 Å². The van der Waals surface area contributed by atoms with Gasteiger partial charge in [0.2, 0.25) is 0 Å². The maximum absolute atomic E-state index is 6.23. The van der Waals surface area contributed by atoms with Gasteiger partial charge >= 0.3 is 0 Å². The highest BCUT2D eigenvalue weighted by atomic mass is 28.3. The van der Waals surface area contributed by atoms with Crippen LogP contribution in [-0.4, -0.2) is 22.1 Å². The minimum atomic E-state index is -1.04. The van der Waals surface area contributed by atoms with Crippen molar-refractivity contribution in [2.75, 3.05) is 13.3 Å². The fourth-order valence-electron chi connectivity index (χ4n) is 2.89. The van der Waals surface area contributed by atoms with Crippen LogP contribution in [-0.2, 0) is 6.42 Å². The highest BCUT2D eigenvalue weighted by Crippen LogP contribution is 2.28. The molecule has 1 radical (unpaired) electrons. The molecule has 2 nitrogen and oxygen atoms in total. The quantitative estimate of drug-likeness (QED) is 0.451. The summed E-state index contributed by atoms with van der Waals surface area (Å²) < 4.78 is 11.8. The van der Waals surface area contributed by atoms with Gasteiger partial charge in [-0.1, -0.05) is 83.2 Å². The fraction of sp³-hybridized carbons (Fsp3) is 0.130. The van der Waals surface area contributed by atoms with E-state index in [0.29, 0.717) is 6.23 Å². The third kappa shape index (κ3) is 4.44. The molecule has 0 amide bonds. The molecule has 0 heterocycles. The van der Waals surface area contributed by atoms with Gasteiger partial charge in [0.15, 0.2) is 20.3 Å². The van der Waals surface area contributed by atoms with Crippen molar-refractivity contribution < 1.29 is 9.47 Å². The van der Waals surface area contributed by atoms with Gasteiger partial charge in [-0.05, 0) is 24.1 Å². The summed E-state index contributed by atoms with van der Waals surface area (Å²) in [6.45, 7) is 3.79. The molecule has 0 atom stereocenters. The predicted octanol–water partition coefficient (Wildman–Crippen LogP) is 3.65. The molecule has 26 heavy (non-hydrogen) atoms. The van der Waals surface area contributed by atoms with Gasteiger partial charge in [0.1, 0.15) is 0 Å². The van der Waals surface area contributed by atoms with Gasteiger partial charge in [0.05, 0.1) is 13.3 Å². The minimum Gasteiger partial charge on any atom is -0.493 e. The first-order valence-corrected chi connectivity index (χ1v) is 10.4. The van der Waals surface area contributed by atoms with Crippen LogP contribution in [0.5, 0.6) is 11.5 Å². The Balaban J connectivity index is 1.83. The zero-order chi connectivity index (χ0) is 18.2. The van der Waals surface area contributed by atoms with Crippen molar-refractivity contribution in [3.05, 3.63) is 97.1 Å². The number of benzene rings is 3. The molecule has 0 aliphatic carbocycles. The van der Waals surface area contributed by atoms with E-state index < -0.39 is 8.80 Å². The summed E-state index contributed by atoms with van der Waals surface area (Å²) in [5, 5.41) is 2.68. The molecule has 0 aliphatic heterocycles. The SMILES string of the molecule is C=CCc1ccc(OC[Si](c2ccccc2)c2ccccc2)c(OC)c1. The first kappa shape index (κ1) is 18.0. The number of hydrogen-bond donors (Lipinski definition) is 0. The van der Waals surface area contributed by atoms with E-state index in [1.54, 1.807) is 7.11 Å². The Kier molecular flexibility index (Phi) is 6.28. The van der Waals surface area contributed by atoms with E-state index in [0.717, 1.165) is 17.9 Å².